The van der Waals surface area contributed by atoms with Gasteiger partial charge < -0.3 is 15.0 Å². The Bertz CT molecular complexity index is 579. The lowest BCUT2D eigenvalue weighted by Gasteiger charge is -2.42. The standard InChI is InChI=1S/C20H29ClN2O2/c1-2-22-15-16-7-11-23(12-8-16)19(24)20(9-13-25-14-10-20)17-5-3-4-6-18(17)21/h3-6,16,22H,2,7-15H2,1H3. The normalized spacial score (nSPS) is 21.3. The van der Waals surface area contributed by atoms with Gasteiger partial charge in [0, 0.05) is 31.3 Å². The lowest BCUT2D eigenvalue weighted by molar-refractivity contribution is -0.142. The highest BCUT2D eigenvalue weighted by Gasteiger charge is 2.45. The van der Waals surface area contributed by atoms with E-state index < -0.39 is 5.41 Å². The van der Waals surface area contributed by atoms with Crippen molar-refractivity contribution in [2.24, 2.45) is 5.92 Å². The minimum Gasteiger partial charge on any atom is -0.381 e. The Kier molecular flexibility index (Phi) is 6.37. The highest BCUT2D eigenvalue weighted by Crippen LogP contribution is 2.40. The van der Waals surface area contributed by atoms with Crippen LogP contribution in [0.25, 0.3) is 0 Å². The first-order chi connectivity index (χ1) is 12.2. The summed E-state index contributed by atoms with van der Waals surface area (Å²) in [5.41, 5.74) is 0.449. The van der Waals surface area contributed by atoms with Crippen LogP contribution in [0.1, 0.15) is 38.2 Å². The zero-order valence-corrected chi connectivity index (χ0v) is 15.9. The third-order valence-electron chi connectivity index (χ3n) is 5.73. The van der Waals surface area contributed by atoms with Gasteiger partial charge in [0.2, 0.25) is 5.91 Å². The lowest BCUT2D eigenvalue weighted by Crippen LogP contribution is -2.52. The molecule has 2 heterocycles. The summed E-state index contributed by atoms with van der Waals surface area (Å²) in [6.45, 7) is 7.14. The summed E-state index contributed by atoms with van der Waals surface area (Å²) in [5.74, 6) is 0.917. The van der Waals surface area contributed by atoms with Crippen molar-refractivity contribution in [3.63, 3.8) is 0 Å². The Morgan fingerprint density at radius 2 is 1.96 bits per heavy atom. The third kappa shape index (κ3) is 4.02. The van der Waals surface area contributed by atoms with E-state index >= 15 is 0 Å². The minimum atomic E-state index is -0.523. The minimum absolute atomic E-state index is 0.241. The molecule has 25 heavy (non-hydrogen) atoms. The second-order valence-corrected chi connectivity index (χ2v) is 7.62. The summed E-state index contributed by atoms with van der Waals surface area (Å²) in [7, 11) is 0. The van der Waals surface area contributed by atoms with Crippen LogP contribution in [0, 0.1) is 5.92 Å². The van der Waals surface area contributed by atoms with Gasteiger partial charge in [-0.25, -0.2) is 0 Å². The first-order valence-electron chi connectivity index (χ1n) is 9.50. The van der Waals surface area contributed by atoms with Crippen LogP contribution >= 0.6 is 11.6 Å². The molecule has 0 radical (unpaired) electrons. The second kappa shape index (κ2) is 8.52. The Balaban J connectivity index is 1.76. The molecule has 3 rings (SSSR count). The molecule has 2 fully saturated rings. The summed E-state index contributed by atoms with van der Waals surface area (Å²) < 4.78 is 5.56. The first-order valence-corrected chi connectivity index (χ1v) is 9.88. The smallest absolute Gasteiger partial charge is 0.233 e. The van der Waals surface area contributed by atoms with Crippen LogP contribution in [0.2, 0.25) is 5.02 Å². The number of carbonyl (C=O) groups excluding carboxylic acids is 1. The van der Waals surface area contributed by atoms with Gasteiger partial charge in [-0.1, -0.05) is 36.7 Å². The SMILES string of the molecule is CCNCC1CCN(C(=O)C2(c3ccccc3Cl)CCOCC2)CC1. The number of hydrogen-bond acceptors (Lipinski definition) is 3. The van der Waals surface area contributed by atoms with Crippen LogP contribution < -0.4 is 5.32 Å². The van der Waals surface area contributed by atoms with Crippen LogP contribution in [-0.2, 0) is 14.9 Å². The topological polar surface area (TPSA) is 41.6 Å². The van der Waals surface area contributed by atoms with E-state index in [1.807, 2.05) is 24.3 Å². The molecule has 0 bridgehead atoms. The second-order valence-electron chi connectivity index (χ2n) is 7.22. The molecule has 0 unspecified atom stereocenters. The zero-order valence-electron chi connectivity index (χ0n) is 15.1. The largest absolute Gasteiger partial charge is 0.381 e. The molecule has 0 aromatic heterocycles. The van der Waals surface area contributed by atoms with Gasteiger partial charge in [-0.15, -0.1) is 0 Å². The number of carbonyl (C=O) groups is 1. The number of piperidine rings is 1. The van der Waals surface area contributed by atoms with E-state index in [2.05, 4.69) is 17.1 Å². The molecule has 5 heteroatoms. The highest BCUT2D eigenvalue weighted by atomic mass is 35.5. The molecule has 1 aromatic carbocycles. The van der Waals surface area contributed by atoms with E-state index in [0.29, 0.717) is 37.0 Å². The molecule has 1 aromatic rings. The van der Waals surface area contributed by atoms with E-state index in [-0.39, 0.29) is 5.91 Å². The fourth-order valence-corrected chi connectivity index (χ4v) is 4.48. The van der Waals surface area contributed by atoms with Crippen molar-refractivity contribution in [3.05, 3.63) is 34.9 Å². The average Bonchev–Trinajstić information content (AvgIpc) is 2.67. The molecule has 138 valence electrons. The van der Waals surface area contributed by atoms with Crippen LogP contribution in [0.15, 0.2) is 24.3 Å². The highest BCUT2D eigenvalue weighted by molar-refractivity contribution is 6.31. The number of ether oxygens (including phenoxy) is 1. The Morgan fingerprint density at radius 3 is 2.60 bits per heavy atom. The van der Waals surface area contributed by atoms with Gasteiger partial charge in [0.25, 0.3) is 0 Å². The molecule has 0 saturated carbocycles. The van der Waals surface area contributed by atoms with Gasteiger partial charge in [0.05, 0.1) is 5.41 Å². The predicted molar refractivity (Wildman–Crippen MR) is 101 cm³/mol. The number of benzene rings is 1. The van der Waals surface area contributed by atoms with Crippen molar-refractivity contribution in [2.45, 2.75) is 38.0 Å². The van der Waals surface area contributed by atoms with Crippen LogP contribution in [0.4, 0.5) is 0 Å². The van der Waals surface area contributed by atoms with Crippen LogP contribution in [-0.4, -0.2) is 50.2 Å². The van der Waals surface area contributed by atoms with E-state index in [0.717, 1.165) is 44.6 Å². The lowest BCUT2D eigenvalue weighted by atomic mass is 9.72. The fraction of sp³-hybridized carbons (Fsp3) is 0.650. The third-order valence-corrected chi connectivity index (χ3v) is 6.06. The van der Waals surface area contributed by atoms with Crippen LogP contribution in [0.3, 0.4) is 0 Å². The van der Waals surface area contributed by atoms with Crippen molar-refractivity contribution in [1.82, 2.24) is 10.2 Å². The van der Waals surface area contributed by atoms with Gasteiger partial charge in [-0.3, -0.25) is 4.79 Å². The number of hydrogen-bond donors (Lipinski definition) is 1. The number of halogens is 1. The van der Waals surface area contributed by atoms with Gasteiger partial charge in [-0.05, 0) is 56.3 Å². The molecule has 2 aliphatic heterocycles. The average molecular weight is 365 g/mol. The van der Waals surface area contributed by atoms with Gasteiger partial charge in [-0.2, -0.15) is 0 Å². The molecule has 1 N–H and O–H groups in total. The fourth-order valence-electron chi connectivity index (χ4n) is 4.16. The summed E-state index contributed by atoms with van der Waals surface area (Å²) in [6, 6.07) is 7.82. The number of likely N-dealkylation sites (tertiary alicyclic amines) is 1. The molecule has 0 spiro atoms. The van der Waals surface area contributed by atoms with Crippen molar-refractivity contribution in [1.29, 1.82) is 0 Å². The van der Waals surface area contributed by atoms with Crippen molar-refractivity contribution in [2.75, 3.05) is 39.4 Å². The van der Waals surface area contributed by atoms with E-state index in [9.17, 15) is 4.79 Å². The predicted octanol–water partition coefficient (Wildman–Crippen LogP) is 3.24. The quantitative estimate of drug-likeness (QED) is 0.872. The maximum absolute atomic E-state index is 13.5. The Morgan fingerprint density at radius 1 is 1.28 bits per heavy atom. The molecular formula is C20H29ClN2O2. The van der Waals surface area contributed by atoms with E-state index in [1.54, 1.807) is 0 Å². The van der Waals surface area contributed by atoms with Crippen molar-refractivity contribution in [3.8, 4) is 0 Å². The van der Waals surface area contributed by atoms with Gasteiger partial charge in [0.15, 0.2) is 0 Å². The van der Waals surface area contributed by atoms with Crippen molar-refractivity contribution < 1.29 is 9.53 Å². The molecule has 0 atom stereocenters. The molecule has 4 nitrogen and oxygen atoms in total. The van der Waals surface area contributed by atoms with Crippen LogP contribution in [0.5, 0.6) is 0 Å². The molecule has 1 amide bonds. The Labute approximate surface area is 155 Å². The van der Waals surface area contributed by atoms with E-state index in [1.165, 1.54) is 0 Å². The molecule has 2 saturated heterocycles. The monoisotopic (exact) mass is 364 g/mol. The summed E-state index contributed by atoms with van der Waals surface area (Å²) in [4.78, 5) is 15.6. The number of nitrogens with one attached hydrogen (secondary N) is 1. The summed E-state index contributed by atoms with van der Waals surface area (Å²) in [6.07, 6.45) is 3.58. The Hall–Kier alpha value is -1.10. The number of nitrogens with zero attached hydrogens (tertiary/aromatic N) is 1. The maximum Gasteiger partial charge on any atom is 0.233 e. The first kappa shape index (κ1) is 18.7. The summed E-state index contributed by atoms with van der Waals surface area (Å²) >= 11 is 6.49. The molecule has 0 aliphatic carbocycles. The van der Waals surface area contributed by atoms with E-state index in [4.69, 9.17) is 16.3 Å². The molecular weight excluding hydrogens is 336 g/mol. The number of amides is 1. The van der Waals surface area contributed by atoms with Crippen molar-refractivity contribution >= 4 is 17.5 Å². The zero-order chi connectivity index (χ0) is 17.7. The maximum atomic E-state index is 13.5. The van der Waals surface area contributed by atoms with Gasteiger partial charge in [0.1, 0.15) is 0 Å². The van der Waals surface area contributed by atoms with Gasteiger partial charge >= 0.3 is 0 Å². The summed E-state index contributed by atoms with van der Waals surface area (Å²) in [5, 5.41) is 4.12. The number of rotatable bonds is 5. The molecule has 2 aliphatic rings.